The molecule has 0 aromatic heterocycles. The first-order chi connectivity index (χ1) is 17.8. The lowest BCUT2D eigenvalue weighted by atomic mass is 10.0. The van der Waals surface area contributed by atoms with Gasteiger partial charge in [-0.05, 0) is 93.8 Å². The zero-order chi connectivity index (χ0) is 26.5. The second-order valence-electron chi connectivity index (χ2n) is 8.09. The number of hydrogen-bond donors (Lipinski definition) is 0. The molecule has 1 heterocycles. The molecule has 5 nitrogen and oxygen atoms in total. The van der Waals surface area contributed by atoms with E-state index >= 15 is 0 Å². The number of methoxy groups -OCH3 is 1. The summed E-state index contributed by atoms with van der Waals surface area (Å²) in [5, 5.41) is 1.13. The van der Waals surface area contributed by atoms with E-state index in [1.807, 2.05) is 60.7 Å². The summed E-state index contributed by atoms with van der Waals surface area (Å²) >= 11 is 14.3. The monoisotopic (exact) mass is 660 g/mol. The molecule has 3 aromatic carbocycles. The Bertz CT molecular complexity index is 1410. The number of allylic oxidation sites excluding steroid dienone is 1. The molecule has 1 fully saturated rings. The van der Waals surface area contributed by atoms with Crippen LogP contribution in [-0.2, 0) is 17.8 Å². The van der Waals surface area contributed by atoms with Gasteiger partial charge in [-0.25, -0.2) is 4.99 Å². The van der Waals surface area contributed by atoms with Crippen molar-refractivity contribution in [3.05, 3.63) is 103 Å². The van der Waals surface area contributed by atoms with Crippen LogP contribution in [0.4, 0.5) is 5.69 Å². The van der Waals surface area contributed by atoms with Crippen molar-refractivity contribution in [1.82, 2.24) is 4.90 Å². The van der Waals surface area contributed by atoms with E-state index in [2.05, 4.69) is 43.4 Å². The minimum absolute atomic E-state index is 0.133. The first-order valence-corrected chi connectivity index (χ1v) is 14.0. The number of rotatable bonds is 8. The zero-order valence-electron chi connectivity index (χ0n) is 20.1. The number of benzene rings is 3. The number of thioether (sulfide) groups is 1. The average Bonchev–Trinajstić information content (AvgIpc) is 3.14. The third kappa shape index (κ3) is 6.68. The lowest BCUT2D eigenvalue weighted by Crippen LogP contribution is -2.23. The summed E-state index contributed by atoms with van der Waals surface area (Å²) in [6, 6.07) is 17.2. The maximum atomic E-state index is 13.0. The largest absolute Gasteiger partial charge is 0.493 e. The number of nitrogens with zero attached hydrogens (tertiary/aromatic N) is 2. The summed E-state index contributed by atoms with van der Waals surface area (Å²) in [5.74, 6) is 1.11. The Morgan fingerprint density at radius 2 is 1.89 bits per heavy atom. The number of carbonyl (C=O) groups excluding carboxylic acids is 1. The molecule has 1 aliphatic heterocycles. The number of aliphatic imine (C=N–C) groups is 1. The van der Waals surface area contributed by atoms with Gasteiger partial charge in [0.1, 0.15) is 6.61 Å². The second kappa shape index (κ2) is 12.3. The first kappa shape index (κ1) is 27.5. The Labute approximate surface area is 242 Å². The molecule has 0 bridgehead atoms. The van der Waals surface area contributed by atoms with E-state index in [1.165, 1.54) is 16.7 Å². The van der Waals surface area contributed by atoms with Gasteiger partial charge in [0.05, 0.1) is 22.7 Å². The molecule has 190 valence electrons. The van der Waals surface area contributed by atoms with Crippen molar-refractivity contribution in [2.24, 2.45) is 4.99 Å². The number of likely N-dealkylation sites (N-methyl/N-ethyl adjacent to an activating group) is 1. The minimum Gasteiger partial charge on any atom is -0.493 e. The lowest BCUT2D eigenvalue weighted by Gasteiger charge is -2.16. The average molecular weight is 663 g/mol. The minimum atomic E-state index is -0.133. The fourth-order valence-electron chi connectivity index (χ4n) is 3.59. The van der Waals surface area contributed by atoms with Gasteiger partial charge in [0, 0.05) is 21.6 Å². The van der Waals surface area contributed by atoms with Crippen LogP contribution in [0.1, 0.15) is 16.7 Å². The van der Waals surface area contributed by atoms with Crippen LogP contribution >= 0.6 is 55.2 Å². The van der Waals surface area contributed by atoms with Gasteiger partial charge < -0.3 is 9.47 Å². The van der Waals surface area contributed by atoms with Crippen LogP contribution in [-0.4, -0.2) is 30.1 Å². The maximum absolute atomic E-state index is 13.0. The molecule has 0 saturated carbocycles. The Morgan fingerprint density at radius 1 is 1.14 bits per heavy atom. The van der Waals surface area contributed by atoms with Gasteiger partial charge in [0.25, 0.3) is 5.91 Å². The smallest absolute Gasteiger partial charge is 0.266 e. The summed E-state index contributed by atoms with van der Waals surface area (Å²) in [7, 11) is 3.31. The normalized spacial score (nSPS) is 15.5. The maximum Gasteiger partial charge on any atom is 0.266 e. The Kier molecular flexibility index (Phi) is 9.18. The van der Waals surface area contributed by atoms with E-state index in [0.29, 0.717) is 45.3 Å². The van der Waals surface area contributed by atoms with Gasteiger partial charge in [-0.3, -0.25) is 9.69 Å². The highest BCUT2D eigenvalue weighted by molar-refractivity contribution is 9.10. The van der Waals surface area contributed by atoms with Crippen LogP contribution in [0.3, 0.4) is 0 Å². The van der Waals surface area contributed by atoms with Crippen LogP contribution in [0.25, 0.3) is 6.08 Å². The quantitative estimate of drug-likeness (QED) is 0.180. The van der Waals surface area contributed by atoms with Crippen molar-refractivity contribution >= 4 is 78.1 Å². The Hall–Kier alpha value is -2.52. The Balaban J connectivity index is 1.62. The molecule has 1 aliphatic rings. The predicted molar refractivity (Wildman–Crippen MR) is 160 cm³/mol. The first-order valence-electron chi connectivity index (χ1n) is 11.2. The van der Waals surface area contributed by atoms with Crippen molar-refractivity contribution in [2.75, 3.05) is 14.2 Å². The van der Waals surface area contributed by atoms with Gasteiger partial charge in [0.15, 0.2) is 16.7 Å². The van der Waals surface area contributed by atoms with Crippen molar-refractivity contribution in [3.8, 4) is 11.5 Å². The standard InChI is InChI=1S/C28H23Br2ClN2O3S/c1-4-5-19-12-18(13-24(35-3)26(19)36-16-17-6-8-20(29)9-7-17)14-25-27(34)33(2)28(37-25)32-21-10-11-22(30)23(31)15-21/h4,6-15H,1,5,16H2,2-3H3/b25-14-,32-28?. The van der Waals surface area contributed by atoms with Gasteiger partial charge in [-0.2, -0.15) is 0 Å². The molecule has 0 radical (unpaired) electrons. The molecular weight excluding hydrogens is 640 g/mol. The number of halogens is 3. The van der Waals surface area contributed by atoms with E-state index in [1.54, 1.807) is 20.2 Å². The van der Waals surface area contributed by atoms with Crippen molar-refractivity contribution in [1.29, 1.82) is 0 Å². The lowest BCUT2D eigenvalue weighted by molar-refractivity contribution is -0.121. The fraction of sp³-hybridized carbons (Fsp3) is 0.143. The predicted octanol–water partition coefficient (Wildman–Crippen LogP) is 8.41. The molecule has 37 heavy (non-hydrogen) atoms. The van der Waals surface area contributed by atoms with Crippen LogP contribution in [0, 0.1) is 0 Å². The van der Waals surface area contributed by atoms with Crippen molar-refractivity contribution in [2.45, 2.75) is 13.0 Å². The summed E-state index contributed by atoms with van der Waals surface area (Å²) in [6.07, 6.45) is 4.24. The summed E-state index contributed by atoms with van der Waals surface area (Å²) in [6.45, 7) is 4.28. The number of hydrogen-bond acceptors (Lipinski definition) is 5. The molecule has 9 heteroatoms. The number of amidine groups is 1. The molecule has 0 atom stereocenters. The summed E-state index contributed by atoms with van der Waals surface area (Å²) in [5.41, 5.74) is 3.44. The molecule has 0 N–H and O–H groups in total. The molecule has 3 aromatic rings. The zero-order valence-corrected chi connectivity index (χ0v) is 24.9. The van der Waals surface area contributed by atoms with Crippen molar-refractivity contribution in [3.63, 3.8) is 0 Å². The van der Waals surface area contributed by atoms with Gasteiger partial charge in [-0.15, -0.1) is 6.58 Å². The number of carbonyl (C=O) groups is 1. The van der Waals surface area contributed by atoms with Gasteiger partial charge in [-0.1, -0.05) is 45.7 Å². The van der Waals surface area contributed by atoms with E-state index in [-0.39, 0.29) is 5.91 Å². The Morgan fingerprint density at radius 3 is 2.57 bits per heavy atom. The SMILES string of the molecule is C=CCc1cc(/C=C2\SC(=Nc3ccc(Br)c(Cl)c3)N(C)C2=O)cc(OC)c1OCc1ccc(Br)cc1. The van der Waals surface area contributed by atoms with Gasteiger partial charge >= 0.3 is 0 Å². The van der Waals surface area contributed by atoms with Crippen LogP contribution in [0.15, 0.2) is 86.1 Å². The molecule has 0 aliphatic carbocycles. The fourth-order valence-corrected chi connectivity index (χ4v) is 5.27. The second-order valence-corrected chi connectivity index (χ2v) is 11.3. The van der Waals surface area contributed by atoms with Crippen molar-refractivity contribution < 1.29 is 14.3 Å². The van der Waals surface area contributed by atoms with Gasteiger partial charge in [0.2, 0.25) is 0 Å². The van der Waals surface area contributed by atoms with E-state index < -0.39 is 0 Å². The third-order valence-corrected chi connectivity index (χ3v) is 8.29. The highest BCUT2D eigenvalue weighted by Gasteiger charge is 2.30. The molecular formula is C28H23Br2ClN2O3S. The molecule has 4 rings (SSSR count). The molecule has 0 unspecified atom stereocenters. The van der Waals surface area contributed by atoms with E-state index in [9.17, 15) is 4.79 Å². The highest BCUT2D eigenvalue weighted by atomic mass is 79.9. The number of amides is 1. The van der Waals surface area contributed by atoms with E-state index in [4.69, 9.17) is 21.1 Å². The molecule has 0 spiro atoms. The molecule has 1 amide bonds. The van der Waals surface area contributed by atoms with Crippen LogP contribution < -0.4 is 9.47 Å². The summed E-state index contributed by atoms with van der Waals surface area (Å²) in [4.78, 5) is 19.7. The van der Waals surface area contributed by atoms with Crippen LogP contribution in [0.2, 0.25) is 5.02 Å². The van der Waals surface area contributed by atoms with E-state index in [0.717, 1.165) is 25.6 Å². The topological polar surface area (TPSA) is 51.1 Å². The number of ether oxygens (including phenoxy) is 2. The summed E-state index contributed by atoms with van der Waals surface area (Å²) < 4.78 is 13.7. The highest BCUT2D eigenvalue weighted by Crippen LogP contribution is 2.38. The molecule has 1 saturated heterocycles. The van der Waals surface area contributed by atoms with Crippen LogP contribution in [0.5, 0.6) is 11.5 Å². The third-order valence-electron chi connectivity index (χ3n) is 5.46.